The lowest BCUT2D eigenvalue weighted by molar-refractivity contribution is 0.561. The van der Waals surface area contributed by atoms with Gasteiger partial charge in [0.15, 0.2) is 5.69 Å². The van der Waals surface area contributed by atoms with Crippen molar-refractivity contribution < 1.29 is 0 Å². The Kier molecular flexibility index (Phi) is 3.64. The van der Waals surface area contributed by atoms with Gasteiger partial charge in [0.1, 0.15) is 11.2 Å². The van der Waals surface area contributed by atoms with Gasteiger partial charge >= 0.3 is 0 Å². The minimum atomic E-state index is -0.515. The second-order valence-corrected chi connectivity index (χ2v) is 5.75. The van der Waals surface area contributed by atoms with Gasteiger partial charge in [-0.25, -0.2) is 4.98 Å². The molecule has 0 bridgehead atoms. The Morgan fingerprint density at radius 2 is 2.25 bits per heavy atom. The van der Waals surface area contributed by atoms with Crippen molar-refractivity contribution in [1.82, 2.24) is 14.8 Å². The van der Waals surface area contributed by atoms with E-state index in [2.05, 4.69) is 16.2 Å². The Balaban J connectivity index is 1.94. The Morgan fingerprint density at radius 1 is 1.45 bits per heavy atom. The summed E-state index contributed by atoms with van der Waals surface area (Å²) in [5.41, 5.74) is 1.73. The minimum absolute atomic E-state index is 0.352. The van der Waals surface area contributed by atoms with Gasteiger partial charge in [0.25, 0.3) is 0 Å². The zero-order valence-corrected chi connectivity index (χ0v) is 12.1. The maximum Gasteiger partial charge on any atom is 0.167 e. The van der Waals surface area contributed by atoms with Crippen LogP contribution in [0.3, 0.4) is 0 Å². The fourth-order valence-corrected chi connectivity index (χ4v) is 2.74. The van der Waals surface area contributed by atoms with Crippen molar-refractivity contribution in [2.24, 2.45) is 5.92 Å². The molecule has 0 aromatic carbocycles. The van der Waals surface area contributed by atoms with E-state index in [-0.39, 0.29) is 0 Å². The number of aromatic nitrogens is 3. The fourth-order valence-electron chi connectivity index (χ4n) is 2.12. The summed E-state index contributed by atoms with van der Waals surface area (Å²) in [6.45, 7) is 0.846. The molecule has 1 aliphatic carbocycles. The number of alkyl halides is 1. The van der Waals surface area contributed by atoms with E-state index >= 15 is 0 Å². The van der Waals surface area contributed by atoms with Crippen LogP contribution >= 0.6 is 23.2 Å². The van der Waals surface area contributed by atoms with E-state index in [9.17, 15) is 5.26 Å². The summed E-state index contributed by atoms with van der Waals surface area (Å²) in [5, 5.41) is 13.3. The number of hydrogen-bond acceptors (Lipinski definition) is 3. The minimum Gasteiger partial charge on any atom is -0.271 e. The lowest BCUT2D eigenvalue weighted by atomic mass is 10.1. The van der Waals surface area contributed by atoms with E-state index in [4.69, 9.17) is 23.2 Å². The zero-order valence-electron chi connectivity index (χ0n) is 10.6. The Bertz CT molecular complexity index is 670. The fraction of sp³-hybridized carbons (Fsp3) is 0.357. The normalized spacial score (nSPS) is 15.8. The molecule has 1 fully saturated rings. The standard InChI is InChI=1S/C14H12Cl2N4/c15-13(10-2-1-5-18-14(10)16)11-8-20(7-9-3-4-9)19-12(11)6-17/h1-2,5,8-9,13H,3-4,7H2. The molecule has 2 aromatic heterocycles. The van der Waals surface area contributed by atoms with Crippen LogP contribution in [0.4, 0.5) is 0 Å². The summed E-state index contributed by atoms with van der Waals surface area (Å²) in [6.07, 6.45) is 5.92. The average molecular weight is 307 g/mol. The first-order chi connectivity index (χ1) is 9.69. The third-order valence-electron chi connectivity index (χ3n) is 3.37. The molecular weight excluding hydrogens is 295 g/mol. The monoisotopic (exact) mass is 306 g/mol. The molecule has 2 heterocycles. The number of halogens is 2. The average Bonchev–Trinajstić information content (AvgIpc) is 3.16. The van der Waals surface area contributed by atoms with Crippen LogP contribution in [0, 0.1) is 17.2 Å². The number of nitrogens with zero attached hydrogens (tertiary/aromatic N) is 4. The van der Waals surface area contributed by atoms with Crippen LogP contribution in [0.2, 0.25) is 5.15 Å². The summed E-state index contributed by atoms with van der Waals surface area (Å²) in [5.74, 6) is 0.685. The third kappa shape index (κ3) is 2.65. The Labute approximate surface area is 126 Å². The quantitative estimate of drug-likeness (QED) is 0.641. The van der Waals surface area contributed by atoms with Crippen molar-refractivity contribution in [3.05, 3.63) is 46.5 Å². The topological polar surface area (TPSA) is 54.5 Å². The highest BCUT2D eigenvalue weighted by atomic mass is 35.5. The first-order valence-corrected chi connectivity index (χ1v) is 7.22. The predicted molar refractivity (Wildman–Crippen MR) is 76.6 cm³/mol. The molecule has 1 unspecified atom stereocenters. The molecule has 0 amide bonds. The number of pyridine rings is 1. The highest BCUT2D eigenvalue weighted by molar-refractivity contribution is 6.32. The third-order valence-corrected chi connectivity index (χ3v) is 4.16. The molecule has 0 saturated heterocycles. The van der Waals surface area contributed by atoms with Gasteiger partial charge < -0.3 is 0 Å². The van der Waals surface area contributed by atoms with E-state index in [0.717, 1.165) is 6.54 Å². The van der Waals surface area contributed by atoms with Crippen LogP contribution in [0.1, 0.15) is 35.0 Å². The van der Waals surface area contributed by atoms with Crippen molar-refractivity contribution in [1.29, 1.82) is 5.26 Å². The molecule has 0 radical (unpaired) electrons. The number of nitriles is 1. The van der Waals surface area contributed by atoms with Crippen LogP contribution in [0.15, 0.2) is 24.5 Å². The predicted octanol–water partition coefficient (Wildman–Crippen LogP) is 3.54. The van der Waals surface area contributed by atoms with Crippen LogP contribution in [-0.4, -0.2) is 14.8 Å². The van der Waals surface area contributed by atoms with Gasteiger partial charge in [-0.1, -0.05) is 17.7 Å². The summed E-state index contributed by atoms with van der Waals surface area (Å²) >= 11 is 12.5. The highest BCUT2D eigenvalue weighted by Gasteiger charge is 2.25. The molecule has 1 aliphatic rings. The summed E-state index contributed by atoms with van der Waals surface area (Å²) < 4.78 is 1.81. The maximum atomic E-state index is 9.21. The van der Waals surface area contributed by atoms with Crippen LogP contribution < -0.4 is 0 Å². The van der Waals surface area contributed by atoms with Crippen molar-refractivity contribution in [3.63, 3.8) is 0 Å². The molecule has 102 valence electrons. The summed E-state index contributed by atoms with van der Waals surface area (Å²) in [6, 6.07) is 5.69. The maximum absolute atomic E-state index is 9.21. The van der Waals surface area contributed by atoms with E-state index in [1.165, 1.54) is 12.8 Å². The first-order valence-electron chi connectivity index (χ1n) is 6.41. The molecule has 3 rings (SSSR count). The van der Waals surface area contributed by atoms with E-state index in [1.54, 1.807) is 12.3 Å². The van der Waals surface area contributed by atoms with Crippen LogP contribution in [0.25, 0.3) is 0 Å². The van der Waals surface area contributed by atoms with Gasteiger partial charge in [-0.2, -0.15) is 10.4 Å². The van der Waals surface area contributed by atoms with Crippen LogP contribution in [-0.2, 0) is 6.54 Å². The van der Waals surface area contributed by atoms with Crippen molar-refractivity contribution in [2.75, 3.05) is 0 Å². The molecule has 1 saturated carbocycles. The van der Waals surface area contributed by atoms with E-state index in [1.807, 2.05) is 16.9 Å². The molecular formula is C14H12Cl2N4. The highest BCUT2D eigenvalue weighted by Crippen LogP contribution is 2.35. The van der Waals surface area contributed by atoms with Gasteiger partial charge in [-0.3, -0.25) is 4.68 Å². The van der Waals surface area contributed by atoms with Crippen molar-refractivity contribution in [3.8, 4) is 6.07 Å². The number of rotatable bonds is 4. The smallest absolute Gasteiger partial charge is 0.167 e. The van der Waals surface area contributed by atoms with Crippen molar-refractivity contribution >= 4 is 23.2 Å². The van der Waals surface area contributed by atoms with Gasteiger partial charge in [0.05, 0.1) is 5.38 Å². The molecule has 6 heteroatoms. The van der Waals surface area contributed by atoms with Gasteiger partial charge in [-0.05, 0) is 24.8 Å². The van der Waals surface area contributed by atoms with Crippen molar-refractivity contribution in [2.45, 2.75) is 24.8 Å². The lowest BCUT2D eigenvalue weighted by Crippen LogP contribution is -2.00. The molecule has 0 N–H and O–H groups in total. The number of hydrogen-bond donors (Lipinski definition) is 0. The molecule has 2 aromatic rings. The summed E-state index contributed by atoms with van der Waals surface area (Å²) in [4.78, 5) is 4.02. The molecule has 1 atom stereocenters. The molecule has 20 heavy (non-hydrogen) atoms. The largest absolute Gasteiger partial charge is 0.271 e. The van der Waals surface area contributed by atoms with E-state index in [0.29, 0.717) is 27.9 Å². The molecule has 4 nitrogen and oxygen atoms in total. The first kappa shape index (κ1) is 13.4. The second kappa shape index (κ2) is 5.43. The van der Waals surface area contributed by atoms with Gasteiger partial charge in [0, 0.05) is 30.1 Å². The van der Waals surface area contributed by atoms with Gasteiger partial charge in [-0.15, -0.1) is 11.6 Å². The van der Waals surface area contributed by atoms with Gasteiger partial charge in [0.2, 0.25) is 0 Å². The summed E-state index contributed by atoms with van der Waals surface area (Å²) in [7, 11) is 0. The SMILES string of the molecule is N#Cc1nn(CC2CC2)cc1C(Cl)c1cccnc1Cl. The second-order valence-electron chi connectivity index (χ2n) is 4.96. The molecule has 0 spiro atoms. The van der Waals surface area contributed by atoms with E-state index < -0.39 is 5.38 Å². The molecule has 0 aliphatic heterocycles. The lowest BCUT2D eigenvalue weighted by Gasteiger charge is -2.09. The zero-order chi connectivity index (χ0) is 14.1. The van der Waals surface area contributed by atoms with Crippen LogP contribution in [0.5, 0.6) is 0 Å². The Morgan fingerprint density at radius 3 is 2.90 bits per heavy atom. The Hall–Kier alpha value is -1.57.